The highest BCUT2D eigenvalue weighted by molar-refractivity contribution is 5.76. The van der Waals surface area contributed by atoms with E-state index in [2.05, 4.69) is 15.3 Å². The summed E-state index contributed by atoms with van der Waals surface area (Å²) < 4.78 is 0. The number of benzene rings is 1. The van der Waals surface area contributed by atoms with E-state index in [0.717, 1.165) is 16.8 Å². The SMILES string of the molecule is Cc1nc(NC2CC2)nc(N)c1-c1ccccc1. The van der Waals surface area contributed by atoms with Crippen molar-refractivity contribution in [2.75, 3.05) is 11.1 Å². The molecule has 4 heteroatoms. The quantitative estimate of drug-likeness (QED) is 0.865. The Kier molecular flexibility index (Phi) is 2.63. The molecule has 0 atom stereocenters. The molecule has 3 rings (SSSR count). The average molecular weight is 240 g/mol. The van der Waals surface area contributed by atoms with Crippen molar-refractivity contribution >= 4 is 11.8 Å². The smallest absolute Gasteiger partial charge is 0.225 e. The Morgan fingerprint density at radius 3 is 2.50 bits per heavy atom. The first kappa shape index (κ1) is 11.0. The predicted octanol–water partition coefficient (Wildman–Crippen LogP) is 2.61. The number of hydrogen-bond donors (Lipinski definition) is 2. The lowest BCUT2D eigenvalue weighted by Crippen LogP contribution is -2.09. The van der Waals surface area contributed by atoms with Crippen molar-refractivity contribution in [3.8, 4) is 11.1 Å². The molecule has 1 heterocycles. The Bertz CT molecular complexity index is 538. The van der Waals surface area contributed by atoms with Gasteiger partial charge in [-0.05, 0) is 25.3 Å². The minimum Gasteiger partial charge on any atom is -0.383 e. The van der Waals surface area contributed by atoms with E-state index in [1.54, 1.807) is 0 Å². The Hall–Kier alpha value is -2.10. The molecule has 0 radical (unpaired) electrons. The van der Waals surface area contributed by atoms with Crippen molar-refractivity contribution in [1.82, 2.24) is 9.97 Å². The van der Waals surface area contributed by atoms with E-state index in [-0.39, 0.29) is 0 Å². The Labute approximate surface area is 106 Å². The second kappa shape index (κ2) is 4.29. The third kappa shape index (κ3) is 2.14. The third-order valence-electron chi connectivity index (χ3n) is 3.09. The first-order valence-electron chi connectivity index (χ1n) is 6.20. The van der Waals surface area contributed by atoms with Gasteiger partial charge in [0.1, 0.15) is 5.82 Å². The Balaban J connectivity index is 2.00. The lowest BCUT2D eigenvalue weighted by atomic mass is 10.1. The topological polar surface area (TPSA) is 63.8 Å². The van der Waals surface area contributed by atoms with Crippen molar-refractivity contribution in [3.63, 3.8) is 0 Å². The maximum Gasteiger partial charge on any atom is 0.225 e. The molecule has 0 bridgehead atoms. The van der Waals surface area contributed by atoms with Crippen molar-refractivity contribution in [3.05, 3.63) is 36.0 Å². The van der Waals surface area contributed by atoms with Crippen LogP contribution >= 0.6 is 0 Å². The van der Waals surface area contributed by atoms with Gasteiger partial charge in [-0.15, -0.1) is 0 Å². The largest absolute Gasteiger partial charge is 0.383 e. The van der Waals surface area contributed by atoms with Crippen LogP contribution in [0, 0.1) is 6.92 Å². The van der Waals surface area contributed by atoms with Crippen LogP contribution in [0.25, 0.3) is 11.1 Å². The van der Waals surface area contributed by atoms with Crippen LogP contribution in [0.3, 0.4) is 0 Å². The summed E-state index contributed by atoms with van der Waals surface area (Å²) in [6.07, 6.45) is 2.39. The first-order valence-corrected chi connectivity index (χ1v) is 6.20. The lowest BCUT2D eigenvalue weighted by Gasteiger charge is -2.11. The van der Waals surface area contributed by atoms with Gasteiger partial charge in [0.2, 0.25) is 5.95 Å². The third-order valence-corrected chi connectivity index (χ3v) is 3.09. The number of rotatable bonds is 3. The molecule has 0 aliphatic heterocycles. The molecule has 0 saturated heterocycles. The summed E-state index contributed by atoms with van der Waals surface area (Å²) in [6.45, 7) is 1.97. The lowest BCUT2D eigenvalue weighted by molar-refractivity contribution is 1.03. The number of nitrogen functional groups attached to an aromatic ring is 1. The molecule has 1 fully saturated rings. The van der Waals surface area contributed by atoms with Gasteiger partial charge in [0.25, 0.3) is 0 Å². The first-order chi connectivity index (χ1) is 8.74. The monoisotopic (exact) mass is 240 g/mol. The highest BCUT2D eigenvalue weighted by Gasteiger charge is 2.22. The van der Waals surface area contributed by atoms with Crippen LogP contribution < -0.4 is 11.1 Å². The zero-order valence-electron chi connectivity index (χ0n) is 10.4. The summed E-state index contributed by atoms with van der Waals surface area (Å²) in [5.41, 5.74) is 8.96. The summed E-state index contributed by atoms with van der Waals surface area (Å²) in [6, 6.07) is 10.5. The summed E-state index contributed by atoms with van der Waals surface area (Å²) in [5, 5.41) is 3.27. The molecule has 1 aliphatic rings. The summed E-state index contributed by atoms with van der Waals surface area (Å²) in [7, 11) is 0. The fraction of sp³-hybridized carbons (Fsp3) is 0.286. The van der Waals surface area contributed by atoms with Gasteiger partial charge in [-0.25, -0.2) is 4.98 Å². The molecule has 2 aromatic rings. The number of nitrogens with two attached hydrogens (primary N) is 1. The van der Waals surface area contributed by atoms with E-state index >= 15 is 0 Å². The second-order valence-corrected chi connectivity index (χ2v) is 4.68. The van der Waals surface area contributed by atoms with E-state index in [0.29, 0.717) is 17.8 Å². The molecule has 1 aliphatic carbocycles. The van der Waals surface area contributed by atoms with E-state index in [1.165, 1.54) is 12.8 Å². The van der Waals surface area contributed by atoms with Crippen LogP contribution in [0.15, 0.2) is 30.3 Å². The van der Waals surface area contributed by atoms with E-state index in [1.807, 2.05) is 37.3 Å². The molecule has 1 saturated carbocycles. The molecule has 0 spiro atoms. The average Bonchev–Trinajstić information content (AvgIpc) is 3.13. The van der Waals surface area contributed by atoms with Gasteiger partial charge in [0.15, 0.2) is 0 Å². The molecular weight excluding hydrogens is 224 g/mol. The van der Waals surface area contributed by atoms with Crippen molar-refractivity contribution in [2.24, 2.45) is 0 Å². The zero-order valence-corrected chi connectivity index (χ0v) is 10.4. The molecule has 1 aromatic heterocycles. The molecule has 4 nitrogen and oxygen atoms in total. The van der Waals surface area contributed by atoms with E-state index < -0.39 is 0 Å². The molecule has 1 aromatic carbocycles. The van der Waals surface area contributed by atoms with Crippen LogP contribution in [0.4, 0.5) is 11.8 Å². The van der Waals surface area contributed by atoms with E-state index in [9.17, 15) is 0 Å². The fourth-order valence-corrected chi connectivity index (χ4v) is 2.03. The molecule has 92 valence electrons. The molecule has 3 N–H and O–H groups in total. The molecule has 0 unspecified atom stereocenters. The van der Waals surface area contributed by atoms with Gasteiger partial charge < -0.3 is 11.1 Å². The van der Waals surface area contributed by atoms with Gasteiger partial charge >= 0.3 is 0 Å². The van der Waals surface area contributed by atoms with Gasteiger partial charge in [-0.2, -0.15) is 4.98 Å². The Morgan fingerprint density at radius 2 is 1.89 bits per heavy atom. The van der Waals surface area contributed by atoms with Crippen molar-refractivity contribution in [1.29, 1.82) is 0 Å². The minimum atomic E-state index is 0.534. The summed E-state index contributed by atoms with van der Waals surface area (Å²) in [5.74, 6) is 1.18. The molecule has 18 heavy (non-hydrogen) atoms. The van der Waals surface area contributed by atoms with Crippen LogP contribution in [0.2, 0.25) is 0 Å². The summed E-state index contributed by atoms with van der Waals surface area (Å²) in [4.78, 5) is 8.83. The van der Waals surface area contributed by atoms with Crippen molar-refractivity contribution in [2.45, 2.75) is 25.8 Å². The van der Waals surface area contributed by atoms with Gasteiger partial charge in [0, 0.05) is 11.6 Å². The minimum absolute atomic E-state index is 0.534. The van der Waals surface area contributed by atoms with Crippen LogP contribution in [0.5, 0.6) is 0 Å². The molecular formula is C14H16N4. The summed E-state index contributed by atoms with van der Waals surface area (Å²) >= 11 is 0. The van der Waals surface area contributed by atoms with Crippen molar-refractivity contribution < 1.29 is 0 Å². The normalized spacial score (nSPS) is 14.5. The number of nitrogens with zero attached hydrogens (tertiary/aromatic N) is 2. The van der Waals surface area contributed by atoms with Gasteiger partial charge in [-0.3, -0.25) is 0 Å². The zero-order chi connectivity index (χ0) is 12.5. The maximum atomic E-state index is 6.06. The fourth-order valence-electron chi connectivity index (χ4n) is 2.03. The van der Waals surface area contributed by atoms with Gasteiger partial charge in [-0.1, -0.05) is 30.3 Å². The highest BCUT2D eigenvalue weighted by Crippen LogP contribution is 2.29. The van der Waals surface area contributed by atoms with Crippen LogP contribution in [0.1, 0.15) is 18.5 Å². The number of aromatic nitrogens is 2. The molecule has 0 amide bonds. The highest BCUT2D eigenvalue weighted by atomic mass is 15.1. The maximum absolute atomic E-state index is 6.06. The van der Waals surface area contributed by atoms with Gasteiger partial charge in [0.05, 0.1) is 5.69 Å². The number of nitrogens with one attached hydrogen (secondary N) is 1. The van der Waals surface area contributed by atoms with Crippen LogP contribution in [-0.2, 0) is 0 Å². The standard InChI is InChI=1S/C14H16N4/c1-9-12(10-5-3-2-4-6-10)13(15)18-14(16-9)17-11-7-8-11/h2-6,11H,7-8H2,1H3,(H3,15,16,17,18). The number of aryl methyl sites for hydroxylation is 1. The Morgan fingerprint density at radius 1 is 1.17 bits per heavy atom. The van der Waals surface area contributed by atoms with Crippen LogP contribution in [-0.4, -0.2) is 16.0 Å². The second-order valence-electron chi connectivity index (χ2n) is 4.68. The van der Waals surface area contributed by atoms with E-state index in [4.69, 9.17) is 5.73 Å². The predicted molar refractivity (Wildman–Crippen MR) is 73.3 cm³/mol. The number of hydrogen-bond acceptors (Lipinski definition) is 4. The number of anilines is 2.